The molecule has 0 aliphatic heterocycles. The first kappa shape index (κ1) is 20.7. The van der Waals surface area contributed by atoms with Crippen molar-refractivity contribution in [3.8, 4) is 0 Å². The Hall–Kier alpha value is -3.00. The molecule has 8 nitrogen and oxygen atoms in total. The van der Waals surface area contributed by atoms with E-state index in [0.717, 1.165) is 17.2 Å². The molecule has 0 spiro atoms. The minimum absolute atomic E-state index is 0.221. The number of carbonyl (C=O) groups is 3. The zero-order valence-electron chi connectivity index (χ0n) is 16.1. The molecule has 154 valence electrons. The van der Waals surface area contributed by atoms with Gasteiger partial charge in [0, 0.05) is 17.6 Å². The topological polar surface area (TPSA) is 134 Å². The van der Waals surface area contributed by atoms with E-state index in [9.17, 15) is 19.5 Å². The Morgan fingerprint density at radius 3 is 2.69 bits per heavy atom. The Balaban J connectivity index is 1.70. The van der Waals surface area contributed by atoms with Gasteiger partial charge in [-0.2, -0.15) is 0 Å². The SMILES string of the molecule is NCCCC(NC(=O)c1cc2ccccc2cn1)C(=O)N[C@H]1CCC[C@H]1C(=O)O. The molecule has 1 aliphatic rings. The normalized spacial score (nSPS) is 19.6. The number of aliphatic carboxylic acids is 1. The first-order chi connectivity index (χ1) is 14.0. The summed E-state index contributed by atoms with van der Waals surface area (Å²) >= 11 is 0. The monoisotopic (exact) mass is 398 g/mol. The maximum atomic E-state index is 12.8. The van der Waals surface area contributed by atoms with Gasteiger partial charge in [-0.05, 0) is 43.7 Å². The van der Waals surface area contributed by atoms with Gasteiger partial charge in [0.25, 0.3) is 5.91 Å². The Morgan fingerprint density at radius 1 is 1.21 bits per heavy atom. The van der Waals surface area contributed by atoms with Crippen molar-refractivity contribution in [1.82, 2.24) is 15.6 Å². The van der Waals surface area contributed by atoms with Crippen LogP contribution < -0.4 is 16.4 Å². The number of hydrogen-bond donors (Lipinski definition) is 4. The van der Waals surface area contributed by atoms with Crippen LogP contribution in [0.3, 0.4) is 0 Å². The van der Waals surface area contributed by atoms with Gasteiger partial charge in [0.05, 0.1) is 5.92 Å². The molecule has 0 saturated heterocycles. The third kappa shape index (κ3) is 5.08. The Labute approximate surface area is 168 Å². The van der Waals surface area contributed by atoms with E-state index < -0.39 is 29.9 Å². The lowest BCUT2D eigenvalue weighted by Gasteiger charge is -2.23. The number of pyridine rings is 1. The lowest BCUT2D eigenvalue weighted by molar-refractivity contribution is -0.142. The van der Waals surface area contributed by atoms with Crippen LogP contribution in [0.2, 0.25) is 0 Å². The molecule has 1 aromatic carbocycles. The van der Waals surface area contributed by atoms with Crippen LogP contribution in [0.5, 0.6) is 0 Å². The van der Waals surface area contributed by atoms with Crippen LogP contribution in [0.1, 0.15) is 42.6 Å². The van der Waals surface area contributed by atoms with Gasteiger partial charge < -0.3 is 21.5 Å². The molecular weight excluding hydrogens is 372 g/mol. The zero-order chi connectivity index (χ0) is 20.8. The number of benzene rings is 1. The van der Waals surface area contributed by atoms with Crippen LogP contribution in [0.4, 0.5) is 0 Å². The number of rotatable bonds is 8. The van der Waals surface area contributed by atoms with Crippen molar-refractivity contribution in [3.05, 3.63) is 42.2 Å². The number of nitrogens with one attached hydrogen (secondary N) is 2. The number of hydrogen-bond acceptors (Lipinski definition) is 5. The summed E-state index contributed by atoms with van der Waals surface area (Å²) in [5, 5.41) is 16.7. The zero-order valence-corrected chi connectivity index (χ0v) is 16.1. The Morgan fingerprint density at radius 2 is 1.97 bits per heavy atom. The van der Waals surface area contributed by atoms with Crippen LogP contribution in [-0.2, 0) is 9.59 Å². The number of aromatic nitrogens is 1. The minimum Gasteiger partial charge on any atom is -0.481 e. The van der Waals surface area contributed by atoms with E-state index in [0.29, 0.717) is 32.2 Å². The second kappa shape index (κ2) is 9.47. The van der Waals surface area contributed by atoms with Crippen LogP contribution in [0, 0.1) is 5.92 Å². The summed E-state index contributed by atoms with van der Waals surface area (Å²) in [4.78, 5) is 41.0. The van der Waals surface area contributed by atoms with E-state index in [4.69, 9.17) is 5.73 Å². The highest BCUT2D eigenvalue weighted by Crippen LogP contribution is 2.26. The number of nitrogens with zero attached hydrogens (tertiary/aromatic N) is 1. The average Bonchev–Trinajstić information content (AvgIpc) is 3.18. The predicted molar refractivity (Wildman–Crippen MR) is 108 cm³/mol. The van der Waals surface area contributed by atoms with Crippen molar-refractivity contribution < 1.29 is 19.5 Å². The molecule has 1 heterocycles. The molecule has 1 saturated carbocycles. The molecule has 1 unspecified atom stereocenters. The van der Waals surface area contributed by atoms with Gasteiger partial charge in [-0.25, -0.2) is 0 Å². The molecule has 1 aliphatic carbocycles. The molecule has 3 rings (SSSR count). The van der Waals surface area contributed by atoms with Gasteiger partial charge >= 0.3 is 5.97 Å². The van der Waals surface area contributed by atoms with Crippen molar-refractivity contribution in [2.24, 2.45) is 11.7 Å². The van der Waals surface area contributed by atoms with Crippen molar-refractivity contribution in [2.45, 2.75) is 44.2 Å². The smallest absolute Gasteiger partial charge is 0.308 e. The number of amides is 2. The highest BCUT2D eigenvalue weighted by molar-refractivity contribution is 5.98. The average molecular weight is 398 g/mol. The van der Waals surface area contributed by atoms with Gasteiger partial charge in [0.15, 0.2) is 0 Å². The fourth-order valence-electron chi connectivity index (χ4n) is 3.74. The maximum Gasteiger partial charge on any atom is 0.308 e. The molecule has 1 aromatic heterocycles. The van der Waals surface area contributed by atoms with Crippen molar-refractivity contribution in [2.75, 3.05) is 6.54 Å². The summed E-state index contributed by atoms with van der Waals surface area (Å²) in [5.74, 6) is -2.33. The summed E-state index contributed by atoms with van der Waals surface area (Å²) in [5.41, 5.74) is 5.79. The van der Waals surface area contributed by atoms with E-state index in [2.05, 4.69) is 15.6 Å². The second-order valence-electron chi connectivity index (χ2n) is 7.36. The number of fused-ring (bicyclic) bond motifs is 1. The molecular formula is C21H26N4O4. The largest absolute Gasteiger partial charge is 0.481 e. The number of nitrogens with two attached hydrogens (primary N) is 1. The Kier molecular flexibility index (Phi) is 6.77. The fourth-order valence-corrected chi connectivity index (χ4v) is 3.74. The predicted octanol–water partition coefficient (Wildman–Crippen LogP) is 1.44. The van der Waals surface area contributed by atoms with Gasteiger partial charge in [-0.3, -0.25) is 19.4 Å². The summed E-state index contributed by atoms with van der Waals surface area (Å²) in [6, 6.07) is 8.03. The molecule has 5 N–H and O–H groups in total. The first-order valence-electron chi connectivity index (χ1n) is 9.88. The summed E-state index contributed by atoms with van der Waals surface area (Å²) in [6.07, 6.45) is 4.45. The Bertz CT molecular complexity index is 901. The molecule has 3 atom stereocenters. The number of carbonyl (C=O) groups excluding carboxylic acids is 2. The van der Waals surface area contributed by atoms with Crippen molar-refractivity contribution in [3.63, 3.8) is 0 Å². The fraction of sp³-hybridized carbons (Fsp3) is 0.429. The van der Waals surface area contributed by atoms with Crippen molar-refractivity contribution >= 4 is 28.6 Å². The van der Waals surface area contributed by atoms with Gasteiger partial charge in [0.2, 0.25) is 5.91 Å². The molecule has 8 heteroatoms. The molecule has 1 fully saturated rings. The lowest BCUT2D eigenvalue weighted by Crippen LogP contribution is -2.51. The maximum absolute atomic E-state index is 12.8. The minimum atomic E-state index is -0.907. The summed E-state index contributed by atoms with van der Waals surface area (Å²) in [7, 11) is 0. The van der Waals surface area contributed by atoms with E-state index in [1.807, 2.05) is 24.3 Å². The second-order valence-corrected chi connectivity index (χ2v) is 7.36. The van der Waals surface area contributed by atoms with Crippen molar-refractivity contribution in [1.29, 1.82) is 0 Å². The standard InChI is InChI=1S/C21H26N4O4/c22-10-4-9-17(19(26)24-16-8-3-7-15(16)21(28)29)25-20(27)18-11-13-5-1-2-6-14(13)12-23-18/h1-2,5-6,11-12,15-17H,3-4,7-10,22H2,(H,24,26)(H,25,27)(H,28,29)/t15-,16+,17?/m1/s1. The summed E-state index contributed by atoms with van der Waals surface area (Å²) in [6.45, 7) is 0.384. The molecule has 2 aromatic rings. The lowest BCUT2D eigenvalue weighted by atomic mass is 10.0. The first-order valence-corrected chi connectivity index (χ1v) is 9.88. The summed E-state index contributed by atoms with van der Waals surface area (Å²) < 4.78 is 0. The third-order valence-electron chi connectivity index (χ3n) is 5.34. The molecule has 0 radical (unpaired) electrons. The van der Waals surface area contributed by atoms with E-state index in [1.165, 1.54) is 0 Å². The number of carboxylic acid groups (broad SMARTS) is 1. The van der Waals surface area contributed by atoms with Crippen LogP contribution in [0.25, 0.3) is 10.8 Å². The highest BCUT2D eigenvalue weighted by atomic mass is 16.4. The highest BCUT2D eigenvalue weighted by Gasteiger charge is 2.35. The molecule has 29 heavy (non-hydrogen) atoms. The van der Waals surface area contributed by atoms with E-state index in [-0.39, 0.29) is 11.6 Å². The van der Waals surface area contributed by atoms with Crippen LogP contribution in [-0.4, -0.2) is 46.5 Å². The van der Waals surface area contributed by atoms with Crippen LogP contribution >= 0.6 is 0 Å². The van der Waals surface area contributed by atoms with E-state index >= 15 is 0 Å². The van der Waals surface area contributed by atoms with Gasteiger partial charge in [0.1, 0.15) is 11.7 Å². The van der Waals surface area contributed by atoms with Gasteiger partial charge in [-0.15, -0.1) is 0 Å². The molecule has 2 amide bonds. The van der Waals surface area contributed by atoms with Crippen LogP contribution in [0.15, 0.2) is 36.5 Å². The van der Waals surface area contributed by atoms with Gasteiger partial charge in [-0.1, -0.05) is 30.7 Å². The number of carboxylic acids is 1. The molecule has 0 bridgehead atoms. The third-order valence-corrected chi connectivity index (χ3v) is 5.34. The van der Waals surface area contributed by atoms with E-state index in [1.54, 1.807) is 12.3 Å². The quantitative estimate of drug-likeness (QED) is 0.531.